The lowest BCUT2D eigenvalue weighted by Crippen LogP contribution is -2.21. The van der Waals surface area contributed by atoms with E-state index in [4.69, 9.17) is 10.8 Å². The number of benzene rings is 1. The van der Waals surface area contributed by atoms with Gasteiger partial charge in [0.1, 0.15) is 0 Å². The number of aromatic nitrogens is 1. The van der Waals surface area contributed by atoms with E-state index >= 15 is 0 Å². The largest absolute Gasteiger partial charge is 0.478 e. The Balaban J connectivity index is 2.56. The molecule has 0 spiro atoms. The Morgan fingerprint density at radius 3 is 2.65 bits per heavy atom. The van der Waals surface area contributed by atoms with Crippen LogP contribution < -0.4 is 10.6 Å². The Bertz CT molecular complexity index is 641. The third kappa shape index (κ3) is 2.42. The number of carboxylic acids is 1. The lowest BCUT2D eigenvalue weighted by Gasteiger charge is -2.25. The van der Waals surface area contributed by atoms with Gasteiger partial charge < -0.3 is 15.7 Å². The Labute approximate surface area is 117 Å². The number of anilines is 3. The molecule has 3 N–H and O–H groups in total. The SMILES string of the molecule is CCN(c1ccccc1C)c1nccc(C(=O)O)c1N. The van der Waals surface area contributed by atoms with Gasteiger partial charge >= 0.3 is 5.97 Å². The molecule has 0 aliphatic carbocycles. The molecular weight excluding hydrogens is 254 g/mol. The van der Waals surface area contributed by atoms with Gasteiger partial charge in [-0.05, 0) is 31.5 Å². The first kappa shape index (κ1) is 13.9. The number of nitrogens with zero attached hydrogens (tertiary/aromatic N) is 2. The van der Waals surface area contributed by atoms with Crippen molar-refractivity contribution in [2.75, 3.05) is 17.2 Å². The van der Waals surface area contributed by atoms with Crippen molar-refractivity contribution in [3.63, 3.8) is 0 Å². The predicted octanol–water partition coefficient (Wildman–Crippen LogP) is 2.83. The Hall–Kier alpha value is -2.56. The second-order valence-electron chi connectivity index (χ2n) is 4.43. The van der Waals surface area contributed by atoms with Gasteiger partial charge in [0.25, 0.3) is 0 Å². The van der Waals surface area contributed by atoms with Crippen LogP contribution >= 0.6 is 0 Å². The van der Waals surface area contributed by atoms with Crippen LogP contribution in [0.1, 0.15) is 22.8 Å². The summed E-state index contributed by atoms with van der Waals surface area (Å²) in [4.78, 5) is 17.3. The van der Waals surface area contributed by atoms with Crippen LogP contribution in [-0.2, 0) is 0 Å². The molecule has 104 valence electrons. The molecule has 0 atom stereocenters. The van der Waals surface area contributed by atoms with Crippen molar-refractivity contribution < 1.29 is 9.90 Å². The molecule has 0 fully saturated rings. The summed E-state index contributed by atoms with van der Waals surface area (Å²) in [7, 11) is 0. The van der Waals surface area contributed by atoms with Crippen molar-refractivity contribution in [2.24, 2.45) is 0 Å². The first-order valence-corrected chi connectivity index (χ1v) is 6.37. The number of para-hydroxylation sites is 1. The van der Waals surface area contributed by atoms with Crippen molar-refractivity contribution >= 4 is 23.2 Å². The standard InChI is InChI=1S/C15H17N3O2/c1-3-18(12-7-5-4-6-10(12)2)14-13(16)11(15(19)20)8-9-17-14/h4-9H,3,16H2,1-2H3,(H,19,20). The molecule has 5 nitrogen and oxygen atoms in total. The number of aryl methyl sites for hydroxylation is 1. The quantitative estimate of drug-likeness (QED) is 0.893. The number of pyridine rings is 1. The molecule has 0 bridgehead atoms. The van der Waals surface area contributed by atoms with Crippen molar-refractivity contribution in [1.82, 2.24) is 4.98 Å². The monoisotopic (exact) mass is 271 g/mol. The van der Waals surface area contributed by atoms with Crippen molar-refractivity contribution in [1.29, 1.82) is 0 Å². The first-order chi connectivity index (χ1) is 9.56. The van der Waals surface area contributed by atoms with Crippen LogP contribution in [-0.4, -0.2) is 22.6 Å². The summed E-state index contributed by atoms with van der Waals surface area (Å²) in [6.45, 7) is 4.61. The summed E-state index contributed by atoms with van der Waals surface area (Å²) < 4.78 is 0. The second kappa shape index (κ2) is 5.61. The smallest absolute Gasteiger partial charge is 0.337 e. The lowest BCUT2D eigenvalue weighted by atomic mass is 10.1. The van der Waals surface area contributed by atoms with Crippen molar-refractivity contribution in [3.05, 3.63) is 47.7 Å². The molecule has 0 unspecified atom stereocenters. The van der Waals surface area contributed by atoms with Crippen LogP contribution in [0.5, 0.6) is 0 Å². The van der Waals surface area contributed by atoms with Crippen LogP contribution in [0.25, 0.3) is 0 Å². The zero-order chi connectivity index (χ0) is 14.7. The van der Waals surface area contributed by atoms with E-state index in [2.05, 4.69) is 4.98 Å². The molecule has 0 radical (unpaired) electrons. The average molecular weight is 271 g/mol. The fraction of sp³-hybridized carbons (Fsp3) is 0.200. The molecule has 0 aliphatic rings. The van der Waals surface area contributed by atoms with Gasteiger partial charge in [-0.2, -0.15) is 0 Å². The van der Waals surface area contributed by atoms with E-state index in [0.717, 1.165) is 11.3 Å². The highest BCUT2D eigenvalue weighted by atomic mass is 16.4. The Kier molecular flexibility index (Phi) is 3.89. The zero-order valence-corrected chi connectivity index (χ0v) is 11.5. The van der Waals surface area contributed by atoms with Gasteiger partial charge in [-0.3, -0.25) is 0 Å². The van der Waals surface area contributed by atoms with E-state index in [1.807, 2.05) is 43.0 Å². The number of hydrogen-bond donors (Lipinski definition) is 2. The summed E-state index contributed by atoms with van der Waals surface area (Å²) in [5, 5.41) is 9.14. The van der Waals surface area contributed by atoms with Crippen LogP contribution in [0.3, 0.4) is 0 Å². The topological polar surface area (TPSA) is 79.5 Å². The van der Waals surface area contributed by atoms with E-state index in [1.54, 1.807) is 0 Å². The highest BCUT2D eigenvalue weighted by Gasteiger charge is 2.18. The van der Waals surface area contributed by atoms with Gasteiger partial charge in [0.05, 0.1) is 11.3 Å². The van der Waals surface area contributed by atoms with Crippen molar-refractivity contribution in [3.8, 4) is 0 Å². The zero-order valence-electron chi connectivity index (χ0n) is 11.5. The predicted molar refractivity (Wildman–Crippen MR) is 79.5 cm³/mol. The number of carbonyl (C=O) groups is 1. The molecule has 5 heteroatoms. The first-order valence-electron chi connectivity index (χ1n) is 6.37. The van der Waals surface area contributed by atoms with Crippen LogP contribution in [0.4, 0.5) is 17.2 Å². The Morgan fingerprint density at radius 1 is 1.35 bits per heavy atom. The lowest BCUT2D eigenvalue weighted by molar-refractivity contribution is 0.0698. The minimum atomic E-state index is -1.05. The number of aromatic carboxylic acids is 1. The minimum Gasteiger partial charge on any atom is -0.478 e. The van der Waals surface area contributed by atoms with Gasteiger partial charge in [-0.15, -0.1) is 0 Å². The van der Waals surface area contributed by atoms with Gasteiger partial charge in [0.15, 0.2) is 5.82 Å². The molecule has 0 saturated carbocycles. The molecule has 0 saturated heterocycles. The van der Waals surface area contributed by atoms with Gasteiger partial charge in [0, 0.05) is 18.4 Å². The average Bonchev–Trinajstić information content (AvgIpc) is 2.43. The Morgan fingerprint density at radius 2 is 2.05 bits per heavy atom. The number of nitrogens with two attached hydrogens (primary N) is 1. The van der Waals surface area contributed by atoms with Crippen LogP contribution in [0.15, 0.2) is 36.5 Å². The number of carboxylic acid groups (broad SMARTS) is 1. The second-order valence-corrected chi connectivity index (χ2v) is 4.43. The summed E-state index contributed by atoms with van der Waals surface area (Å²) in [5.74, 6) is -0.575. The molecule has 20 heavy (non-hydrogen) atoms. The van der Waals surface area contributed by atoms with Gasteiger partial charge in [-0.1, -0.05) is 18.2 Å². The maximum absolute atomic E-state index is 11.2. The number of rotatable bonds is 4. The molecule has 2 rings (SSSR count). The third-order valence-electron chi connectivity index (χ3n) is 3.18. The maximum Gasteiger partial charge on any atom is 0.337 e. The van der Waals surface area contributed by atoms with E-state index < -0.39 is 5.97 Å². The fourth-order valence-corrected chi connectivity index (χ4v) is 2.16. The van der Waals surface area contributed by atoms with Gasteiger partial charge in [-0.25, -0.2) is 9.78 Å². The van der Waals surface area contributed by atoms with E-state index in [0.29, 0.717) is 12.4 Å². The summed E-state index contributed by atoms with van der Waals surface area (Å²) >= 11 is 0. The molecule has 1 heterocycles. The van der Waals surface area contributed by atoms with E-state index in [9.17, 15) is 4.79 Å². The summed E-state index contributed by atoms with van der Waals surface area (Å²) in [6.07, 6.45) is 1.47. The highest BCUT2D eigenvalue weighted by molar-refractivity contribution is 5.97. The third-order valence-corrected chi connectivity index (χ3v) is 3.18. The summed E-state index contributed by atoms with van der Waals surface area (Å²) in [6, 6.07) is 9.26. The molecular formula is C15H17N3O2. The molecule has 2 aromatic rings. The minimum absolute atomic E-state index is 0.0713. The summed E-state index contributed by atoms with van der Waals surface area (Å²) in [5.41, 5.74) is 8.27. The van der Waals surface area contributed by atoms with Crippen LogP contribution in [0, 0.1) is 6.92 Å². The molecule has 1 aromatic heterocycles. The van der Waals surface area contributed by atoms with Gasteiger partial charge in [0.2, 0.25) is 0 Å². The van der Waals surface area contributed by atoms with Crippen LogP contribution in [0.2, 0.25) is 0 Å². The molecule has 0 aliphatic heterocycles. The molecule has 1 aromatic carbocycles. The van der Waals surface area contributed by atoms with Crippen molar-refractivity contribution in [2.45, 2.75) is 13.8 Å². The number of hydrogen-bond acceptors (Lipinski definition) is 4. The molecule has 0 amide bonds. The fourth-order valence-electron chi connectivity index (χ4n) is 2.16. The number of nitrogen functional groups attached to an aromatic ring is 1. The maximum atomic E-state index is 11.2. The normalized spacial score (nSPS) is 10.3. The van der Waals surface area contributed by atoms with E-state index in [1.165, 1.54) is 12.3 Å². The van der Waals surface area contributed by atoms with E-state index in [-0.39, 0.29) is 11.3 Å². The highest BCUT2D eigenvalue weighted by Crippen LogP contribution is 2.31.